The SMILES string of the molecule is CCNC(=O)C1CCCCN(c2ccc(F)cc2)C1=O. The quantitative estimate of drug-likeness (QED) is 0.861. The molecule has 0 bridgehead atoms. The van der Waals surface area contributed by atoms with Crippen molar-refractivity contribution in [3.05, 3.63) is 30.1 Å². The topological polar surface area (TPSA) is 49.4 Å². The molecule has 1 unspecified atom stereocenters. The minimum atomic E-state index is -0.637. The molecule has 20 heavy (non-hydrogen) atoms. The summed E-state index contributed by atoms with van der Waals surface area (Å²) in [6, 6.07) is 5.81. The Kier molecular flexibility index (Phi) is 4.71. The zero-order valence-corrected chi connectivity index (χ0v) is 11.6. The van der Waals surface area contributed by atoms with Crippen LogP contribution in [0.1, 0.15) is 26.2 Å². The van der Waals surface area contributed by atoms with Gasteiger partial charge in [0.2, 0.25) is 11.8 Å². The van der Waals surface area contributed by atoms with Crippen molar-refractivity contribution in [3.8, 4) is 0 Å². The molecule has 1 saturated heterocycles. The first-order valence-electron chi connectivity index (χ1n) is 6.98. The smallest absolute Gasteiger partial charge is 0.239 e. The minimum Gasteiger partial charge on any atom is -0.356 e. The van der Waals surface area contributed by atoms with Gasteiger partial charge in [-0.15, -0.1) is 0 Å². The van der Waals surface area contributed by atoms with E-state index in [1.807, 2.05) is 6.92 Å². The van der Waals surface area contributed by atoms with Gasteiger partial charge in [0.25, 0.3) is 0 Å². The van der Waals surface area contributed by atoms with Gasteiger partial charge in [0.15, 0.2) is 0 Å². The third kappa shape index (κ3) is 3.15. The maximum Gasteiger partial charge on any atom is 0.239 e. The Morgan fingerprint density at radius 3 is 2.70 bits per heavy atom. The second-order valence-electron chi connectivity index (χ2n) is 4.91. The average molecular weight is 278 g/mol. The highest BCUT2D eigenvalue weighted by Crippen LogP contribution is 2.24. The van der Waals surface area contributed by atoms with Crippen LogP contribution in [0, 0.1) is 11.7 Å². The zero-order chi connectivity index (χ0) is 14.5. The molecule has 1 fully saturated rings. The number of carbonyl (C=O) groups excluding carboxylic acids is 2. The Hall–Kier alpha value is -1.91. The number of nitrogens with one attached hydrogen (secondary N) is 1. The van der Waals surface area contributed by atoms with E-state index < -0.39 is 5.92 Å². The molecule has 4 nitrogen and oxygen atoms in total. The number of halogens is 1. The summed E-state index contributed by atoms with van der Waals surface area (Å²) in [6.07, 6.45) is 2.26. The Morgan fingerprint density at radius 1 is 1.35 bits per heavy atom. The molecule has 1 aromatic carbocycles. The van der Waals surface area contributed by atoms with Gasteiger partial charge in [0.05, 0.1) is 0 Å². The van der Waals surface area contributed by atoms with E-state index in [-0.39, 0.29) is 17.6 Å². The van der Waals surface area contributed by atoms with Gasteiger partial charge in [-0.2, -0.15) is 0 Å². The third-order valence-electron chi connectivity index (χ3n) is 3.49. The van der Waals surface area contributed by atoms with Gasteiger partial charge in [0, 0.05) is 18.8 Å². The van der Waals surface area contributed by atoms with E-state index >= 15 is 0 Å². The largest absolute Gasteiger partial charge is 0.356 e. The summed E-state index contributed by atoms with van der Waals surface area (Å²) in [5.74, 6) is -1.38. The monoisotopic (exact) mass is 278 g/mol. The second-order valence-corrected chi connectivity index (χ2v) is 4.91. The van der Waals surface area contributed by atoms with Crippen LogP contribution >= 0.6 is 0 Å². The molecule has 108 valence electrons. The lowest BCUT2D eigenvalue weighted by molar-refractivity contribution is -0.133. The summed E-state index contributed by atoms with van der Waals surface area (Å²) in [4.78, 5) is 26.1. The number of anilines is 1. The van der Waals surface area contributed by atoms with Crippen molar-refractivity contribution in [2.75, 3.05) is 18.0 Å². The lowest BCUT2D eigenvalue weighted by Crippen LogP contribution is -2.42. The third-order valence-corrected chi connectivity index (χ3v) is 3.49. The summed E-state index contributed by atoms with van der Waals surface area (Å²) in [5.41, 5.74) is 0.646. The van der Waals surface area contributed by atoms with Crippen LogP contribution in [0.25, 0.3) is 0 Å². The van der Waals surface area contributed by atoms with Gasteiger partial charge >= 0.3 is 0 Å². The number of hydrogen-bond donors (Lipinski definition) is 1. The molecule has 2 amide bonds. The number of amides is 2. The van der Waals surface area contributed by atoms with Crippen LogP contribution in [0.5, 0.6) is 0 Å². The molecule has 1 N–H and O–H groups in total. The van der Waals surface area contributed by atoms with Crippen LogP contribution in [-0.4, -0.2) is 24.9 Å². The summed E-state index contributed by atoms with van der Waals surface area (Å²) < 4.78 is 13.0. The van der Waals surface area contributed by atoms with E-state index in [9.17, 15) is 14.0 Å². The molecule has 1 atom stereocenters. The van der Waals surface area contributed by atoms with Gasteiger partial charge in [-0.3, -0.25) is 9.59 Å². The van der Waals surface area contributed by atoms with Gasteiger partial charge in [-0.1, -0.05) is 6.42 Å². The molecule has 2 rings (SSSR count). The fourth-order valence-electron chi connectivity index (χ4n) is 2.46. The lowest BCUT2D eigenvalue weighted by Gasteiger charge is -2.24. The van der Waals surface area contributed by atoms with Crippen LogP contribution in [-0.2, 0) is 9.59 Å². The molecule has 1 aromatic rings. The Labute approximate surface area is 118 Å². The van der Waals surface area contributed by atoms with E-state index in [0.29, 0.717) is 25.2 Å². The minimum absolute atomic E-state index is 0.194. The average Bonchev–Trinajstić information content (AvgIpc) is 2.62. The van der Waals surface area contributed by atoms with Crippen molar-refractivity contribution in [1.82, 2.24) is 5.32 Å². The highest BCUT2D eigenvalue weighted by molar-refractivity contribution is 6.07. The van der Waals surface area contributed by atoms with Crippen molar-refractivity contribution in [2.24, 2.45) is 5.92 Å². The highest BCUT2D eigenvalue weighted by atomic mass is 19.1. The van der Waals surface area contributed by atoms with Crippen molar-refractivity contribution >= 4 is 17.5 Å². The predicted octanol–water partition coefficient (Wildman–Crippen LogP) is 2.09. The number of hydrogen-bond acceptors (Lipinski definition) is 2. The van der Waals surface area contributed by atoms with Crippen LogP contribution in [0.4, 0.5) is 10.1 Å². The molecular formula is C15H19FN2O2. The van der Waals surface area contributed by atoms with Gasteiger partial charge < -0.3 is 10.2 Å². The highest BCUT2D eigenvalue weighted by Gasteiger charge is 2.32. The standard InChI is InChI=1S/C15H19FN2O2/c1-2-17-14(19)13-5-3-4-10-18(15(13)20)12-8-6-11(16)7-9-12/h6-9,13H,2-5,10H2,1H3,(H,17,19). The van der Waals surface area contributed by atoms with Crippen molar-refractivity contribution < 1.29 is 14.0 Å². The van der Waals surface area contributed by atoms with Crippen LogP contribution in [0.15, 0.2) is 24.3 Å². The summed E-state index contributed by atoms with van der Waals surface area (Å²) in [6.45, 7) is 2.91. The summed E-state index contributed by atoms with van der Waals surface area (Å²) >= 11 is 0. The Balaban J connectivity index is 2.21. The maximum atomic E-state index is 13.0. The maximum absolute atomic E-state index is 13.0. The lowest BCUT2D eigenvalue weighted by atomic mass is 10.0. The van der Waals surface area contributed by atoms with E-state index in [2.05, 4.69) is 5.32 Å². The number of nitrogens with zero attached hydrogens (tertiary/aromatic N) is 1. The van der Waals surface area contributed by atoms with Crippen molar-refractivity contribution in [2.45, 2.75) is 26.2 Å². The van der Waals surface area contributed by atoms with Crippen LogP contribution in [0.3, 0.4) is 0 Å². The van der Waals surface area contributed by atoms with E-state index in [1.54, 1.807) is 17.0 Å². The van der Waals surface area contributed by atoms with Crippen molar-refractivity contribution in [3.63, 3.8) is 0 Å². The first-order valence-corrected chi connectivity index (χ1v) is 6.98. The van der Waals surface area contributed by atoms with E-state index in [4.69, 9.17) is 0 Å². The molecule has 1 aliphatic rings. The fraction of sp³-hybridized carbons (Fsp3) is 0.467. The first kappa shape index (κ1) is 14.5. The molecule has 0 radical (unpaired) electrons. The molecule has 1 aliphatic heterocycles. The Morgan fingerprint density at radius 2 is 2.05 bits per heavy atom. The summed E-state index contributed by atoms with van der Waals surface area (Å²) in [7, 11) is 0. The van der Waals surface area contributed by atoms with Crippen LogP contribution < -0.4 is 10.2 Å². The number of benzene rings is 1. The molecule has 0 aliphatic carbocycles. The molecule has 0 saturated carbocycles. The summed E-state index contributed by atoms with van der Waals surface area (Å²) in [5, 5.41) is 2.71. The van der Waals surface area contributed by atoms with E-state index in [1.165, 1.54) is 12.1 Å². The number of carbonyl (C=O) groups is 2. The normalized spacial score (nSPS) is 19.6. The van der Waals surface area contributed by atoms with E-state index in [0.717, 1.165) is 12.8 Å². The van der Waals surface area contributed by atoms with Gasteiger partial charge in [-0.05, 0) is 44.0 Å². The van der Waals surface area contributed by atoms with Crippen LogP contribution in [0.2, 0.25) is 0 Å². The fourth-order valence-corrected chi connectivity index (χ4v) is 2.46. The van der Waals surface area contributed by atoms with Crippen molar-refractivity contribution in [1.29, 1.82) is 0 Å². The molecule has 1 heterocycles. The molecule has 0 spiro atoms. The Bertz CT molecular complexity index is 487. The van der Waals surface area contributed by atoms with Gasteiger partial charge in [0.1, 0.15) is 11.7 Å². The first-order chi connectivity index (χ1) is 9.63. The molecule has 5 heteroatoms. The van der Waals surface area contributed by atoms with Gasteiger partial charge in [-0.25, -0.2) is 4.39 Å². The second kappa shape index (κ2) is 6.50. The molecular weight excluding hydrogens is 259 g/mol. The molecule has 0 aromatic heterocycles. The predicted molar refractivity (Wildman–Crippen MR) is 74.8 cm³/mol. The number of rotatable bonds is 3. The zero-order valence-electron chi connectivity index (χ0n) is 11.6.